The third kappa shape index (κ3) is 3.64. The first-order chi connectivity index (χ1) is 9.39. The molecular formula is C14H16F3N3. The van der Waals surface area contributed by atoms with E-state index in [1.807, 2.05) is 24.0 Å². The Morgan fingerprint density at radius 2 is 1.85 bits per heavy atom. The van der Waals surface area contributed by atoms with Crippen molar-refractivity contribution in [2.75, 3.05) is 37.6 Å². The lowest BCUT2D eigenvalue weighted by atomic mass is 10.1. The van der Waals surface area contributed by atoms with Crippen molar-refractivity contribution in [1.82, 2.24) is 4.90 Å². The summed E-state index contributed by atoms with van der Waals surface area (Å²) in [6, 6.07) is 7.73. The van der Waals surface area contributed by atoms with Crippen LogP contribution < -0.4 is 4.90 Å². The second-order valence-corrected chi connectivity index (χ2v) is 5.01. The molecule has 0 aromatic heterocycles. The molecule has 1 aliphatic heterocycles. The molecule has 0 radical (unpaired) electrons. The molecular weight excluding hydrogens is 267 g/mol. The lowest BCUT2D eigenvalue weighted by Gasteiger charge is -2.36. The molecule has 0 aliphatic carbocycles. The van der Waals surface area contributed by atoms with Crippen LogP contribution in [0.4, 0.5) is 18.9 Å². The summed E-state index contributed by atoms with van der Waals surface area (Å²) in [4.78, 5) is 3.38. The molecule has 20 heavy (non-hydrogen) atoms. The van der Waals surface area contributed by atoms with E-state index in [9.17, 15) is 13.2 Å². The van der Waals surface area contributed by atoms with Gasteiger partial charge >= 0.3 is 6.18 Å². The van der Waals surface area contributed by atoms with E-state index >= 15 is 0 Å². The summed E-state index contributed by atoms with van der Waals surface area (Å²) < 4.78 is 37.0. The molecule has 1 fully saturated rings. The van der Waals surface area contributed by atoms with Gasteiger partial charge in [0, 0.05) is 26.2 Å². The highest BCUT2D eigenvalue weighted by Gasteiger charge is 2.32. The topological polar surface area (TPSA) is 30.3 Å². The standard InChI is InChI=1S/C14H16F3N3/c1-11-2-3-13(12(8-11)9-18)20-6-4-19(5-7-20)10-14(15,16)17/h2-3,8H,4-7,10H2,1H3. The smallest absolute Gasteiger partial charge is 0.368 e. The summed E-state index contributed by atoms with van der Waals surface area (Å²) >= 11 is 0. The van der Waals surface area contributed by atoms with Crippen LogP contribution in [0.2, 0.25) is 0 Å². The molecule has 1 aliphatic rings. The number of hydrogen-bond acceptors (Lipinski definition) is 3. The maximum Gasteiger partial charge on any atom is 0.401 e. The highest BCUT2D eigenvalue weighted by molar-refractivity contribution is 5.60. The average molecular weight is 283 g/mol. The fourth-order valence-corrected chi connectivity index (χ4v) is 2.42. The summed E-state index contributed by atoms with van der Waals surface area (Å²) in [6.07, 6.45) is -4.15. The number of anilines is 1. The van der Waals surface area contributed by atoms with Crippen LogP contribution in [0.5, 0.6) is 0 Å². The third-order valence-corrected chi connectivity index (χ3v) is 3.39. The maximum absolute atomic E-state index is 12.3. The molecule has 1 heterocycles. The Morgan fingerprint density at radius 3 is 2.40 bits per heavy atom. The van der Waals surface area contributed by atoms with Crippen LogP contribution in [0, 0.1) is 18.3 Å². The molecule has 0 N–H and O–H groups in total. The first-order valence-corrected chi connectivity index (χ1v) is 6.44. The van der Waals surface area contributed by atoms with E-state index < -0.39 is 12.7 Å². The molecule has 0 unspecified atom stereocenters. The first kappa shape index (κ1) is 14.7. The van der Waals surface area contributed by atoms with Crippen LogP contribution in [-0.4, -0.2) is 43.8 Å². The molecule has 0 saturated carbocycles. The van der Waals surface area contributed by atoms with Gasteiger partial charge in [0.25, 0.3) is 0 Å². The number of halogens is 3. The summed E-state index contributed by atoms with van der Waals surface area (Å²) in [5.41, 5.74) is 2.39. The third-order valence-electron chi connectivity index (χ3n) is 3.39. The Bertz CT molecular complexity index is 511. The van der Waals surface area contributed by atoms with Crippen molar-refractivity contribution >= 4 is 5.69 Å². The van der Waals surface area contributed by atoms with Gasteiger partial charge in [-0.2, -0.15) is 18.4 Å². The normalized spacial score (nSPS) is 17.1. The number of aryl methyl sites for hydroxylation is 1. The summed E-state index contributed by atoms with van der Waals surface area (Å²) in [7, 11) is 0. The number of nitriles is 1. The van der Waals surface area contributed by atoms with Crippen molar-refractivity contribution in [2.45, 2.75) is 13.1 Å². The monoisotopic (exact) mass is 283 g/mol. The Balaban J connectivity index is 2.03. The highest BCUT2D eigenvalue weighted by atomic mass is 19.4. The van der Waals surface area contributed by atoms with Crippen LogP contribution in [0.3, 0.4) is 0 Å². The Hall–Kier alpha value is -1.74. The molecule has 1 saturated heterocycles. The van der Waals surface area contributed by atoms with Gasteiger partial charge in [-0.1, -0.05) is 6.07 Å². The molecule has 0 atom stereocenters. The van der Waals surface area contributed by atoms with Crippen LogP contribution in [-0.2, 0) is 0 Å². The van der Waals surface area contributed by atoms with Crippen molar-refractivity contribution in [3.8, 4) is 6.07 Å². The van der Waals surface area contributed by atoms with Crippen molar-refractivity contribution in [2.24, 2.45) is 0 Å². The average Bonchev–Trinajstić information content (AvgIpc) is 2.38. The maximum atomic E-state index is 12.3. The van der Waals surface area contributed by atoms with Gasteiger partial charge in [0.15, 0.2) is 0 Å². The van der Waals surface area contributed by atoms with Gasteiger partial charge in [-0.3, -0.25) is 4.90 Å². The minimum atomic E-state index is -4.15. The minimum Gasteiger partial charge on any atom is -0.368 e. The number of nitrogens with zero attached hydrogens (tertiary/aromatic N) is 3. The SMILES string of the molecule is Cc1ccc(N2CCN(CC(F)(F)F)CC2)c(C#N)c1. The van der Waals surface area contributed by atoms with Gasteiger partial charge in [-0.15, -0.1) is 0 Å². The minimum absolute atomic E-state index is 0.359. The Labute approximate surface area is 116 Å². The van der Waals surface area contributed by atoms with Gasteiger partial charge in [0.1, 0.15) is 6.07 Å². The zero-order chi connectivity index (χ0) is 14.8. The molecule has 0 bridgehead atoms. The quantitative estimate of drug-likeness (QED) is 0.835. The molecule has 0 amide bonds. The summed E-state index contributed by atoms with van der Waals surface area (Å²) in [6.45, 7) is 2.78. The zero-order valence-electron chi connectivity index (χ0n) is 11.2. The Kier molecular flexibility index (Phi) is 4.19. The number of piperazine rings is 1. The molecule has 2 rings (SSSR count). The van der Waals surface area contributed by atoms with E-state index in [1.165, 1.54) is 4.90 Å². The molecule has 108 valence electrons. The fraction of sp³-hybridized carbons (Fsp3) is 0.500. The van der Waals surface area contributed by atoms with E-state index in [0.29, 0.717) is 31.7 Å². The number of hydrogen-bond donors (Lipinski definition) is 0. The van der Waals surface area contributed by atoms with Gasteiger partial charge in [0.2, 0.25) is 0 Å². The first-order valence-electron chi connectivity index (χ1n) is 6.44. The highest BCUT2D eigenvalue weighted by Crippen LogP contribution is 2.24. The van der Waals surface area contributed by atoms with Gasteiger partial charge in [-0.05, 0) is 24.6 Å². The number of benzene rings is 1. The molecule has 0 spiro atoms. The van der Waals surface area contributed by atoms with Crippen LogP contribution in [0.15, 0.2) is 18.2 Å². The predicted molar refractivity (Wildman–Crippen MR) is 70.6 cm³/mol. The van der Waals surface area contributed by atoms with Gasteiger partial charge < -0.3 is 4.90 Å². The molecule has 6 heteroatoms. The fourth-order valence-electron chi connectivity index (χ4n) is 2.42. The van der Waals surface area contributed by atoms with Gasteiger partial charge in [0.05, 0.1) is 17.8 Å². The molecule has 1 aromatic carbocycles. The van der Waals surface area contributed by atoms with E-state index in [2.05, 4.69) is 6.07 Å². The summed E-state index contributed by atoms with van der Waals surface area (Å²) in [5.74, 6) is 0. The van der Waals surface area contributed by atoms with E-state index in [-0.39, 0.29) is 0 Å². The van der Waals surface area contributed by atoms with Crippen molar-refractivity contribution in [1.29, 1.82) is 5.26 Å². The predicted octanol–water partition coefficient (Wildman–Crippen LogP) is 2.55. The van der Waals surface area contributed by atoms with Crippen LogP contribution >= 0.6 is 0 Å². The number of rotatable bonds is 2. The second kappa shape index (κ2) is 5.71. The summed E-state index contributed by atoms with van der Waals surface area (Å²) in [5, 5.41) is 9.14. The van der Waals surface area contributed by atoms with E-state index in [4.69, 9.17) is 5.26 Å². The molecule has 1 aromatic rings. The van der Waals surface area contributed by atoms with Crippen molar-refractivity contribution in [3.05, 3.63) is 29.3 Å². The van der Waals surface area contributed by atoms with E-state index in [0.717, 1.165) is 11.3 Å². The lowest BCUT2D eigenvalue weighted by molar-refractivity contribution is -0.146. The number of alkyl halides is 3. The van der Waals surface area contributed by atoms with Crippen LogP contribution in [0.1, 0.15) is 11.1 Å². The molecule has 3 nitrogen and oxygen atoms in total. The lowest BCUT2D eigenvalue weighted by Crippen LogP contribution is -2.49. The van der Waals surface area contributed by atoms with E-state index in [1.54, 1.807) is 6.07 Å². The zero-order valence-corrected chi connectivity index (χ0v) is 11.2. The van der Waals surface area contributed by atoms with Crippen LogP contribution in [0.25, 0.3) is 0 Å². The van der Waals surface area contributed by atoms with Crippen molar-refractivity contribution in [3.63, 3.8) is 0 Å². The second-order valence-electron chi connectivity index (χ2n) is 5.01. The van der Waals surface area contributed by atoms with Gasteiger partial charge in [-0.25, -0.2) is 0 Å². The largest absolute Gasteiger partial charge is 0.401 e. The van der Waals surface area contributed by atoms with Crippen molar-refractivity contribution < 1.29 is 13.2 Å². The Morgan fingerprint density at radius 1 is 1.20 bits per heavy atom.